The number of aryl methyl sites for hydroxylation is 3. The molecule has 6 amide bonds. The van der Waals surface area contributed by atoms with Crippen molar-refractivity contribution in [2.24, 2.45) is 0 Å². The number of aromatic amines is 1. The predicted octanol–water partition coefficient (Wildman–Crippen LogP) is 8.44. The van der Waals surface area contributed by atoms with Crippen LogP contribution in [0.3, 0.4) is 0 Å². The molecule has 3 aromatic carbocycles. The van der Waals surface area contributed by atoms with E-state index in [4.69, 9.17) is 0 Å². The summed E-state index contributed by atoms with van der Waals surface area (Å²) in [5.41, 5.74) is 5.28. The highest BCUT2D eigenvalue weighted by Gasteiger charge is 2.29. The molecule has 476 valence electrons. The topological polar surface area (TPSA) is 338 Å². The summed E-state index contributed by atoms with van der Waals surface area (Å²) >= 11 is 2.28. The van der Waals surface area contributed by atoms with Crippen molar-refractivity contribution in [2.45, 2.75) is 149 Å². The Morgan fingerprint density at radius 2 is 0.879 bits per heavy atom. The van der Waals surface area contributed by atoms with Crippen molar-refractivity contribution in [3.05, 3.63) is 160 Å². The number of aromatic nitrogens is 9. The van der Waals surface area contributed by atoms with E-state index in [-0.39, 0.29) is 47.5 Å². The van der Waals surface area contributed by atoms with Crippen molar-refractivity contribution in [1.29, 1.82) is 0 Å². The number of halogens is 1. The highest BCUT2D eigenvalue weighted by Crippen LogP contribution is 2.35. The third kappa shape index (κ3) is 17.5. The van der Waals surface area contributed by atoms with Gasteiger partial charge in [0.1, 0.15) is 17.1 Å². The lowest BCUT2D eigenvalue weighted by Crippen LogP contribution is -2.29. The highest BCUT2D eigenvalue weighted by atomic mass is 127. The van der Waals surface area contributed by atoms with Crippen molar-refractivity contribution < 1.29 is 44.1 Å². The zero-order valence-corrected chi connectivity index (χ0v) is 54.4. The van der Waals surface area contributed by atoms with Crippen LogP contribution in [0, 0.1) is 20.8 Å². The minimum absolute atomic E-state index is 0.0622. The quantitative estimate of drug-likeness (QED) is 0.0361. The number of carbonyl (C=O) groups is 6. The van der Waals surface area contributed by atoms with Gasteiger partial charge in [-0.15, -0.1) is 0 Å². The average Bonchev–Trinajstić information content (AvgIpc) is 1.77. The molecule has 0 aliphatic carbocycles. The van der Waals surface area contributed by atoms with Gasteiger partial charge in [0.05, 0.1) is 52.6 Å². The second-order valence-corrected chi connectivity index (χ2v) is 25.4. The summed E-state index contributed by atoms with van der Waals surface area (Å²) in [5, 5.41) is 67.6. The number of pyridine rings is 3. The maximum Gasteiger partial charge on any atom is 0.274 e. The molecular weight excluding hydrogens is 1270 g/mol. The van der Waals surface area contributed by atoms with E-state index >= 15 is 0 Å². The number of nitrogens with one attached hydrogen (secondary N) is 7. The molecule has 6 aromatic heterocycles. The Morgan fingerprint density at radius 3 is 1.20 bits per heavy atom. The van der Waals surface area contributed by atoms with Crippen LogP contribution >= 0.6 is 22.6 Å². The molecule has 10 N–H and O–H groups in total. The Hall–Kier alpha value is -9.05. The van der Waals surface area contributed by atoms with Crippen molar-refractivity contribution in [2.75, 3.05) is 20.4 Å². The minimum Gasteiger partial charge on any atom is -0.386 e. The maximum atomic E-state index is 12.7. The first kappa shape index (κ1) is 66.4. The van der Waals surface area contributed by atoms with Crippen molar-refractivity contribution in [3.63, 3.8) is 0 Å². The predicted molar refractivity (Wildman–Crippen MR) is 354 cm³/mol. The summed E-state index contributed by atoms with van der Waals surface area (Å²) < 4.78 is 4.63. The van der Waals surface area contributed by atoms with Crippen molar-refractivity contribution in [3.8, 4) is 0 Å². The molecule has 9 aromatic rings. The van der Waals surface area contributed by atoms with Gasteiger partial charge in [-0.05, 0) is 154 Å². The molecular formula is C66H76IN15O9. The number of alkyl halides is 1. The minimum atomic E-state index is -1.18. The lowest BCUT2D eigenvalue weighted by Gasteiger charge is -2.22. The van der Waals surface area contributed by atoms with Gasteiger partial charge in [0.2, 0.25) is 17.7 Å². The maximum absolute atomic E-state index is 12.7. The second kappa shape index (κ2) is 28.0. The molecule has 24 nitrogen and oxygen atoms in total. The van der Waals surface area contributed by atoms with E-state index in [0.717, 1.165) is 68.9 Å². The number of H-pyrrole nitrogens is 1. The summed E-state index contributed by atoms with van der Waals surface area (Å²) in [5.74, 6) is -0.658. The van der Waals surface area contributed by atoms with Gasteiger partial charge < -0.3 is 47.2 Å². The Labute approximate surface area is 539 Å². The fourth-order valence-corrected chi connectivity index (χ4v) is 11.4. The molecule has 0 unspecified atom stereocenters. The molecule has 3 atom stereocenters. The second-order valence-electron chi connectivity index (χ2n) is 24.6. The number of fused-ring (bicyclic) bond motifs is 3. The van der Waals surface area contributed by atoms with Crippen molar-refractivity contribution in [1.82, 2.24) is 60.7 Å². The largest absolute Gasteiger partial charge is 0.386 e. The van der Waals surface area contributed by atoms with E-state index in [2.05, 4.69) is 89.8 Å². The van der Waals surface area contributed by atoms with Gasteiger partial charge in [0.25, 0.3) is 17.7 Å². The summed E-state index contributed by atoms with van der Waals surface area (Å²) in [6.07, 6.45) is 9.85. The molecule has 12 rings (SSSR count). The summed E-state index contributed by atoms with van der Waals surface area (Å²) in [4.78, 5) is 84.0. The molecule has 0 radical (unpaired) electrons. The molecule has 3 aliphatic heterocycles. The lowest BCUT2D eigenvalue weighted by molar-refractivity contribution is -0.120. The van der Waals surface area contributed by atoms with Gasteiger partial charge >= 0.3 is 0 Å². The van der Waals surface area contributed by atoms with Crippen LogP contribution in [0.4, 0.5) is 17.1 Å². The Balaban J connectivity index is 0.000000153. The van der Waals surface area contributed by atoms with Gasteiger partial charge in [0.15, 0.2) is 0 Å². The van der Waals surface area contributed by atoms with E-state index < -0.39 is 16.8 Å². The number of amides is 6. The number of anilines is 3. The first-order valence-electron chi connectivity index (χ1n) is 29.9. The highest BCUT2D eigenvalue weighted by molar-refractivity contribution is 14.1. The third-order valence-electron chi connectivity index (χ3n) is 15.3. The summed E-state index contributed by atoms with van der Waals surface area (Å²) in [7, 11) is 0. The third-order valence-corrected chi connectivity index (χ3v) is 16.4. The Morgan fingerprint density at radius 1 is 0.527 bits per heavy atom. The number of rotatable bonds is 14. The zero-order valence-electron chi connectivity index (χ0n) is 52.2. The number of aliphatic hydroxyl groups is 3. The van der Waals surface area contributed by atoms with E-state index in [9.17, 15) is 44.1 Å². The normalized spacial score (nSPS) is 16.4. The first-order chi connectivity index (χ1) is 43.0. The van der Waals surface area contributed by atoms with Crippen LogP contribution in [0.15, 0.2) is 110 Å². The number of benzene rings is 3. The van der Waals surface area contributed by atoms with Crippen LogP contribution in [-0.4, -0.2) is 118 Å². The number of hydrogen-bond donors (Lipinski definition) is 10. The zero-order chi connectivity index (χ0) is 65.5. The molecule has 3 saturated heterocycles. The van der Waals surface area contributed by atoms with Crippen LogP contribution < -0.4 is 31.9 Å². The lowest BCUT2D eigenvalue weighted by atomic mass is 9.95. The van der Waals surface area contributed by atoms with Gasteiger partial charge in [-0.2, -0.15) is 15.3 Å². The Kier molecular flexibility index (Phi) is 20.4. The SMILES string of the molecule is Cc1cccc(C(=O)Nc2cc3cn(C[C@@H]4CCC(=O)N4)nc3cc2C(C)(C)O)n1.Cc1cccc(C(=O)Nc2cc3cn(C[C@@H]4CCC(=O)N4)nc3cc2C(C)(C)O)n1.Cc1cccc(C(=O)Nc2cc3cn[nH]c3cc2C(C)(C)O)n1.O=C1CC[C@@H](CI)N1. The van der Waals surface area contributed by atoms with E-state index in [0.29, 0.717) is 93.8 Å². The Bertz CT molecular complexity index is 4020. The van der Waals surface area contributed by atoms with Gasteiger partial charge in [0, 0.05) is 121 Å². The average molecular weight is 1350 g/mol. The fourth-order valence-electron chi connectivity index (χ4n) is 10.7. The standard InChI is InChI=1S/2C22H25N5O3.C17H18N4O2.C5H8INO/c2*1-13-5-4-6-17(23-13)21(29)25-19-9-14-11-27(12-15-7-8-20(28)24-15)26-18(14)10-16(19)22(2,3)30;1-10-5-4-6-13(19-10)16(22)20-15-7-11-9-18-21-14(11)8-12(15)17(2,3)23;6-3-4-1-2-5(8)7-4/h2*4-6,9-11,15,30H,7-8,12H2,1-3H3,(H,24,28)(H,25,29);4-9,23H,1-3H3,(H,18,21)(H,20,22);4H,1-3H2,(H,7,8)/t2*15-;;4-/m00.0/s1. The molecule has 9 heterocycles. The summed E-state index contributed by atoms with van der Waals surface area (Å²) in [6.45, 7) is 16.6. The molecule has 0 saturated carbocycles. The van der Waals surface area contributed by atoms with Crippen LogP contribution in [0.25, 0.3) is 32.7 Å². The van der Waals surface area contributed by atoms with Crippen LogP contribution in [0.2, 0.25) is 0 Å². The first-order valence-corrected chi connectivity index (χ1v) is 31.4. The van der Waals surface area contributed by atoms with Crippen LogP contribution in [0.5, 0.6) is 0 Å². The van der Waals surface area contributed by atoms with Gasteiger partial charge in [-0.25, -0.2) is 15.0 Å². The number of carbonyl (C=O) groups excluding carboxylic acids is 6. The molecule has 0 bridgehead atoms. The van der Waals surface area contributed by atoms with E-state index in [1.54, 1.807) is 118 Å². The smallest absolute Gasteiger partial charge is 0.274 e. The fraction of sp³-hybridized carbons (Fsp3) is 0.364. The van der Waals surface area contributed by atoms with Crippen molar-refractivity contribution >= 4 is 108 Å². The van der Waals surface area contributed by atoms with E-state index in [1.807, 2.05) is 63.5 Å². The monoisotopic (exact) mass is 1350 g/mol. The summed E-state index contributed by atoms with van der Waals surface area (Å²) in [6, 6.07) is 27.2. The number of nitrogens with zero attached hydrogens (tertiary/aromatic N) is 8. The van der Waals surface area contributed by atoms with Crippen LogP contribution in [0.1, 0.15) is 145 Å². The number of hydrogen-bond acceptors (Lipinski definition) is 15. The van der Waals surface area contributed by atoms with Gasteiger partial charge in [-0.1, -0.05) is 40.8 Å². The van der Waals surface area contributed by atoms with Gasteiger partial charge in [-0.3, -0.25) is 43.2 Å². The molecule has 25 heteroatoms. The molecule has 3 aliphatic rings. The van der Waals surface area contributed by atoms with Crippen LogP contribution in [-0.2, 0) is 44.3 Å². The molecule has 3 fully saturated rings. The van der Waals surface area contributed by atoms with E-state index in [1.165, 1.54) is 0 Å². The molecule has 0 spiro atoms. The molecule has 91 heavy (non-hydrogen) atoms.